The van der Waals surface area contributed by atoms with Crippen LogP contribution in [0.3, 0.4) is 0 Å². The molecule has 27 heavy (non-hydrogen) atoms. The first-order chi connectivity index (χ1) is 13.1. The van der Waals surface area contributed by atoms with E-state index >= 15 is 0 Å². The number of rotatable bonds is 4. The first-order valence-electron chi connectivity index (χ1n) is 10.7. The third kappa shape index (κ3) is 4.30. The van der Waals surface area contributed by atoms with E-state index in [1.54, 1.807) is 0 Å². The van der Waals surface area contributed by atoms with E-state index in [2.05, 4.69) is 57.7 Å². The number of carbonyl (C=O) groups is 1. The maximum Gasteiger partial charge on any atom is 0.236 e. The van der Waals surface area contributed by atoms with Crippen LogP contribution < -0.4 is 4.90 Å². The topological polar surface area (TPSA) is 30.0 Å². The average Bonchev–Trinajstić information content (AvgIpc) is 2.63. The van der Waals surface area contributed by atoms with Gasteiger partial charge in [0.1, 0.15) is 0 Å². The molecule has 148 valence electrons. The first-order valence-corrected chi connectivity index (χ1v) is 10.7. The average molecular weight is 371 g/mol. The zero-order chi connectivity index (χ0) is 18.8. The molecule has 0 aromatic heterocycles. The minimum atomic E-state index is 0.318. The van der Waals surface area contributed by atoms with Gasteiger partial charge >= 0.3 is 0 Å². The Morgan fingerprint density at radius 3 is 2.30 bits per heavy atom. The lowest BCUT2D eigenvalue weighted by molar-refractivity contribution is -0.135. The Morgan fingerprint density at radius 2 is 1.70 bits per heavy atom. The normalized spacial score (nSPS) is 25.5. The molecule has 5 heteroatoms. The molecule has 0 radical (unpaired) electrons. The van der Waals surface area contributed by atoms with Crippen molar-refractivity contribution in [2.75, 3.05) is 57.3 Å². The van der Waals surface area contributed by atoms with Gasteiger partial charge in [0.2, 0.25) is 5.91 Å². The number of amides is 1. The summed E-state index contributed by atoms with van der Waals surface area (Å²) in [6, 6.07) is 9.99. The molecule has 1 aromatic carbocycles. The van der Waals surface area contributed by atoms with Crippen LogP contribution in [-0.2, 0) is 4.79 Å². The molecule has 1 atom stereocenters. The second-order valence-corrected chi connectivity index (χ2v) is 8.60. The van der Waals surface area contributed by atoms with E-state index in [4.69, 9.17) is 0 Å². The van der Waals surface area contributed by atoms with Crippen molar-refractivity contribution in [1.29, 1.82) is 0 Å². The molecule has 0 bridgehead atoms. The van der Waals surface area contributed by atoms with Gasteiger partial charge in [-0.3, -0.25) is 14.6 Å². The van der Waals surface area contributed by atoms with E-state index < -0.39 is 0 Å². The lowest BCUT2D eigenvalue weighted by Crippen LogP contribution is -2.57. The number of hydrogen-bond donors (Lipinski definition) is 0. The fourth-order valence-electron chi connectivity index (χ4n) is 4.58. The van der Waals surface area contributed by atoms with E-state index in [1.165, 1.54) is 30.5 Å². The lowest BCUT2D eigenvalue weighted by Gasteiger charge is -2.44. The van der Waals surface area contributed by atoms with Gasteiger partial charge in [-0.05, 0) is 38.8 Å². The largest absolute Gasteiger partial charge is 0.369 e. The van der Waals surface area contributed by atoms with Crippen LogP contribution >= 0.6 is 0 Å². The van der Waals surface area contributed by atoms with Gasteiger partial charge < -0.3 is 9.80 Å². The minimum Gasteiger partial charge on any atom is -0.369 e. The van der Waals surface area contributed by atoms with E-state index in [0.29, 0.717) is 18.5 Å². The Morgan fingerprint density at radius 1 is 1.00 bits per heavy atom. The van der Waals surface area contributed by atoms with Crippen molar-refractivity contribution in [2.24, 2.45) is 0 Å². The van der Waals surface area contributed by atoms with Crippen LogP contribution in [0.5, 0.6) is 0 Å². The van der Waals surface area contributed by atoms with Crippen molar-refractivity contribution in [1.82, 2.24) is 14.7 Å². The zero-order valence-electron chi connectivity index (χ0n) is 16.9. The van der Waals surface area contributed by atoms with Crippen LogP contribution in [0.25, 0.3) is 0 Å². The highest BCUT2D eigenvalue weighted by Crippen LogP contribution is 2.25. The van der Waals surface area contributed by atoms with Crippen LogP contribution in [0, 0.1) is 6.92 Å². The Balaban J connectivity index is 1.25. The van der Waals surface area contributed by atoms with Crippen molar-refractivity contribution in [3.8, 4) is 0 Å². The van der Waals surface area contributed by atoms with E-state index in [9.17, 15) is 4.79 Å². The summed E-state index contributed by atoms with van der Waals surface area (Å²) in [4.78, 5) is 22.3. The van der Waals surface area contributed by atoms with Crippen LogP contribution in [0.15, 0.2) is 24.3 Å². The number of hydrogen-bond acceptors (Lipinski definition) is 4. The van der Waals surface area contributed by atoms with Gasteiger partial charge in [0.25, 0.3) is 0 Å². The fourth-order valence-corrected chi connectivity index (χ4v) is 4.58. The maximum atomic E-state index is 12.8. The molecule has 1 aromatic rings. The molecular weight excluding hydrogens is 336 g/mol. The summed E-state index contributed by atoms with van der Waals surface area (Å²) >= 11 is 0. The molecule has 2 saturated heterocycles. The summed E-state index contributed by atoms with van der Waals surface area (Å²) in [5.41, 5.74) is 2.60. The number of benzene rings is 1. The van der Waals surface area contributed by atoms with E-state index in [1.807, 2.05) is 0 Å². The highest BCUT2D eigenvalue weighted by Gasteiger charge is 2.31. The Labute approximate surface area is 163 Å². The number of aryl methyl sites for hydroxylation is 1. The van der Waals surface area contributed by atoms with Crippen molar-refractivity contribution in [3.05, 3.63) is 29.8 Å². The van der Waals surface area contributed by atoms with E-state index in [-0.39, 0.29) is 0 Å². The van der Waals surface area contributed by atoms with Crippen molar-refractivity contribution in [3.63, 3.8) is 0 Å². The SMILES string of the molecule is Cc1ccc(N2CCN(CC(=O)N3CCN(C4CCC4)CC3)C(C)C2)cc1. The molecule has 5 nitrogen and oxygen atoms in total. The summed E-state index contributed by atoms with van der Waals surface area (Å²) in [5.74, 6) is 0.318. The van der Waals surface area contributed by atoms with Gasteiger partial charge in [0, 0.05) is 63.6 Å². The fraction of sp³-hybridized carbons (Fsp3) is 0.682. The third-order valence-corrected chi connectivity index (χ3v) is 6.76. The summed E-state index contributed by atoms with van der Waals surface area (Å²) in [5, 5.41) is 0. The number of carbonyl (C=O) groups excluding carboxylic acids is 1. The Kier molecular flexibility index (Phi) is 5.69. The summed E-state index contributed by atoms with van der Waals surface area (Å²) < 4.78 is 0. The Hall–Kier alpha value is -1.59. The number of nitrogens with zero attached hydrogens (tertiary/aromatic N) is 4. The zero-order valence-corrected chi connectivity index (χ0v) is 16.9. The Bertz CT molecular complexity index is 634. The van der Waals surface area contributed by atoms with Gasteiger partial charge in [-0.2, -0.15) is 0 Å². The molecule has 3 fully saturated rings. The van der Waals surface area contributed by atoms with Crippen LogP contribution in [0.4, 0.5) is 5.69 Å². The molecule has 1 saturated carbocycles. The summed E-state index contributed by atoms with van der Waals surface area (Å²) in [7, 11) is 0. The first kappa shape index (κ1) is 18.8. The van der Waals surface area contributed by atoms with Gasteiger partial charge in [-0.15, -0.1) is 0 Å². The molecule has 4 rings (SSSR count). The molecule has 1 unspecified atom stereocenters. The minimum absolute atomic E-state index is 0.318. The van der Waals surface area contributed by atoms with Crippen LogP contribution in [0.1, 0.15) is 31.7 Å². The summed E-state index contributed by atoms with van der Waals surface area (Å²) in [6.45, 7) is 11.8. The monoisotopic (exact) mass is 370 g/mol. The molecule has 1 aliphatic carbocycles. The van der Waals surface area contributed by atoms with E-state index in [0.717, 1.165) is 51.9 Å². The van der Waals surface area contributed by atoms with Crippen molar-refractivity contribution < 1.29 is 4.79 Å². The standard InChI is InChI=1S/C22H34N4O/c1-18-6-8-21(9-7-18)26-15-14-25(19(2)16-26)17-22(27)24-12-10-23(11-13-24)20-4-3-5-20/h6-9,19-20H,3-5,10-17H2,1-2H3. The number of piperazine rings is 2. The lowest BCUT2D eigenvalue weighted by atomic mass is 9.91. The van der Waals surface area contributed by atoms with Gasteiger partial charge in [-0.1, -0.05) is 24.1 Å². The molecule has 1 amide bonds. The van der Waals surface area contributed by atoms with Gasteiger partial charge in [-0.25, -0.2) is 0 Å². The highest BCUT2D eigenvalue weighted by molar-refractivity contribution is 5.78. The second kappa shape index (κ2) is 8.19. The van der Waals surface area contributed by atoms with Gasteiger partial charge in [0.15, 0.2) is 0 Å². The van der Waals surface area contributed by atoms with Crippen LogP contribution in [0.2, 0.25) is 0 Å². The van der Waals surface area contributed by atoms with Gasteiger partial charge in [0.05, 0.1) is 6.54 Å². The predicted octanol–water partition coefficient (Wildman–Crippen LogP) is 2.20. The predicted molar refractivity (Wildman–Crippen MR) is 110 cm³/mol. The summed E-state index contributed by atoms with van der Waals surface area (Å²) in [6.07, 6.45) is 4.10. The second-order valence-electron chi connectivity index (χ2n) is 8.60. The molecule has 0 spiro atoms. The smallest absolute Gasteiger partial charge is 0.236 e. The van der Waals surface area contributed by atoms with Crippen molar-refractivity contribution >= 4 is 11.6 Å². The van der Waals surface area contributed by atoms with Crippen molar-refractivity contribution in [2.45, 2.75) is 45.2 Å². The molecule has 0 N–H and O–H groups in total. The van der Waals surface area contributed by atoms with Crippen LogP contribution in [-0.4, -0.2) is 85.0 Å². The third-order valence-electron chi connectivity index (χ3n) is 6.76. The number of anilines is 1. The molecule has 2 aliphatic heterocycles. The highest BCUT2D eigenvalue weighted by atomic mass is 16.2. The quantitative estimate of drug-likeness (QED) is 0.813. The molecule has 3 aliphatic rings. The maximum absolute atomic E-state index is 12.8. The molecular formula is C22H34N4O. The molecule has 2 heterocycles.